The van der Waals surface area contributed by atoms with Gasteiger partial charge in [-0.05, 0) is 49.1 Å². The van der Waals surface area contributed by atoms with Crippen molar-refractivity contribution in [2.45, 2.75) is 0 Å². The Morgan fingerprint density at radius 2 is 1.02 bits per heavy atom. The Morgan fingerprint density at radius 3 is 1.65 bits per heavy atom. The van der Waals surface area contributed by atoms with E-state index in [4.69, 9.17) is 4.42 Å². The van der Waals surface area contributed by atoms with Gasteiger partial charge in [0.2, 0.25) is 8.07 Å². The lowest BCUT2D eigenvalue weighted by molar-refractivity contribution is 0.669. The topological polar surface area (TPSA) is 26.0 Å². The third-order valence-electron chi connectivity index (χ3n) is 9.49. The van der Waals surface area contributed by atoms with Crippen LogP contribution < -0.4 is 15.6 Å². The van der Waals surface area contributed by atoms with Gasteiger partial charge in [0.05, 0.1) is 6.20 Å². The van der Waals surface area contributed by atoms with Crippen molar-refractivity contribution < 1.29 is 4.42 Å². The highest BCUT2D eigenvalue weighted by molar-refractivity contribution is 7.17. The summed E-state index contributed by atoms with van der Waals surface area (Å²) in [4.78, 5) is 4.37. The van der Waals surface area contributed by atoms with Crippen LogP contribution in [-0.2, 0) is 0 Å². The van der Waals surface area contributed by atoms with Crippen molar-refractivity contribution >= 4 is 67.1 Å². The van der Waals surface area contributed by atoms with Gasteiger partial charge in [0.1, 0.15) is 5.58 Å². The van der Waals surface area contributed by atoms with Gasteiger partial charge in [0.15, 0.2) is 5.58 Å². The fourth-order valence-electron chi connectivity index (χ4n) is 7.35. The molecule has 3 heteroatoms. The molecule has 2 nitrogen and oxygen atoms in total. The van der Waals surface area contributed by atoms with Crippen LogP contribution in [0.2, 0.25) is 0 Å². The van der Waals surface area contributed by atoms with Crippen LogP contribution in [-0.4, -0.2) is 13.1 Å². The van der Waals surface area contributed by atoms with E-state index in [0.717, 1.165) is 43.5 Å². The molecule has 9 rings (SSSR count). The Labute approximate surface area is 280 Å². The molecule has 0 aliphatic carbocycles. The molecule has 224 valence electrons. The van der Waals surface area contributed by atoms with E-state index in [0.29, 0.717) is 0 Å². The maximum absolute atomic E-state index is 6.69. The van der Waals surface area contributed by atoms with E-state index >= 15 is 0 Å². The molecule has 0 fully saturated rings. The summed E-state index contributed by atoms with van der Waals surface area (Å²) in [5.41, 5.74) is 9.24. The number of benzene rings is 7. The monoisotopic (exact) mass is 627 g/mol. The van der Waals surface area contributed by atoms with Crippen LogP contribution in [0.3, 0.4) is 0 Å². The first-order valence-corrected chi connectivity index (χ1v) is 18.2. The number of nitrogens with zero attached hydrogens (tertiary/aromatic N) is 1. The third-order valence-corrected chi connectivity index (χ3v) is 13.6. The predicted octanol–water partition coefficient (Wildman–Crippen LogP) is 9.02. The molecule has 7 aromatic carbocycles. The standard InChI is InChI=1S/C45H29NOSi/c1-4-15-32(16-5-1)44-39-23-12-10-21-35(39)37(36-22-11-13-24-40(36)44)28-30-48(33-17-6-2-7-18-33,34-19-8-3-9-20-34)43-26-14-25-41-38-27-29-46-31-42(38)47-45(41)43/h1-27,29,31H. The second kappa shape index (κ2) is 11.5. The highest BCUT2D eigenvalue weighted by atomic mass is 28.3. The Hall–Kier alpha value is -6.21. The first-order chi connectivity index (χ1) is 23.8. The molecule has 0 bridgehead atoms. The summed E-state index contributed by atoms with van der Waals surface area (Å²) in [7, 11) is -3.06. The first-order valence-electron chi connectivity index (χ1n) is 16.2. The zero-order valence-electron chi connectivity index (χ0n) is 26.1. The largest absolute Gasteiger partial charge is 0.454 e. The molecule has 0 amide bonds. The van der Waals surface area contributed by atoms with E-state index < -0.39 is 8.07 Å². The highest BCUT2D eigenvalue weighted by Gasteiger charge is 2.41. The minimum absolute atomic E-state index is 0.783. The summed E-state index contributed by atoms with van der Waals surface area (Å²) in [5.74, 6) is 3.90. The molecule has 0 aliphatic heterocycles. The van der Waals surface area contributed by atoms with Crippen LogP contribution in [0.5, 0.6) is 0 Å². The number of furan rings is 1. The van der Waals surface area contributed by atoms with Crippen LogP contribution in [0, 0.1) is 11.5 Å². The smallest absolute Gasteiger partial charge is 0.233 e. The van der Waals surface area contributed by atoms with Crippen molar-refractivity contribution in [3.05, 3.63) is 182 Å². The zero-order valence-corrected chi connectivity index (χ0v) is 27.1. The summed E-state index contributed by atoms with van der Waals surface area (Å²) in [5, 5.41) is 10.4. The lowest BCUT2D eigenvalue weighted by Crippen LogP contribution is -2.66. The lowest BCUT2D eigenvalue weighted by atomic mass is 9.89. The average Bonchev–Trinajstić information content (AvgIpc) is 3.55. The zero-order chi connectivity index (χ0) is 31.9. The van der Waals surface area contributed by atoms with Gasteiger partial charge in [0, 0.05) is 27.7 Å². The van der Waals surface area contributed by atoms with Gasteiger partial charge < -0.3 is 4.42 Å². The van der Waals surface area contributed by atoms with Crippen LogP contribution >= 0.6 is 0 Å². The second-order valence-electron chi connectivity index (χ2n) is 12.1. The van der Waals surface area contributed by atoms with E-state index in [1.165, 1.54) is 32.3 Å². The summed E-state index contributed by atoms with van der Waals surface area (Å²) in [6.45, 7) is 0. The van der Waals surface area contributed by atoms with Gasteiger partial charge in [-0.3, -0.25) is 4.98 Å². The lowest BCUT2D eigenvalue weighted by Gasteiger charge is -2.28. The summed E-state index contributed by atoms with van der Waals surface area (Å²) in [6, 6.07) is 58.3. The van der Waals surface area contributed by atoms with Gasteiger partial charge in [-0.1, -0.05) is 164 Å². The van der Waals surface area contributed by atoms with Gasteiger partial charge in [-0.2, -0.15) is 0 Å². The van der Waals surface area contributed by atoms with Gasteiger partial charge >= 0.3 is 0 Å². The van der Waals surface area contributed by atoms with E-state index in [9.17, 15) is 0 Å². The molecule has 0 radical (unpaired) electrons. The molecule has 0 unspecified atom stereocenters. The molecule has 0 aliphatic rings. The molecule has 0 saturated carbocycles. The molecular weight excluding hydrogens is 599 g/mol. The number of hydrogen-bond acceptors (Lipinski definition) is 2. The molecule has 9 aromatic rings. The molecule has 0 saturated heterocycles. The average molecular weight is 628 g/mol. The number of rotatable bonds is 4. The molecule has 0 N–H and O–H groups in total. The van der Waals surface area contributed by atoms with E-state index in [2.05, 4.69) is 174 Å². The van der Waals surface area contributed by atoms with Crippen LogP contribution in [0.25, 0.3) is 54.6 Å². The number of fused-ring (bicyclic) bond motifs is 5. The molecule has 2 heterocycles. The van der Waals surface area contributed by atoms with Gasteiger partial charge in [-0.15, -0.1) is 5.54 Å². The Balaban J connectivity index is 1.42. The Kier molecular flexibility index (Phi) is 6.74. The minimum Gasteiger partial charge on any atom is -0.454 e. The fourth-order valence-corrected chi connectivity index (χ4v) is 11.3. The van der Waals surface area contributed by atoms with Crippen molar-refractivity contribution in [3.63, 3.8) is 0 Å². The van der Waals surface area contributed by atoms with Gasteiger partial charge in [0.25, 0.3) is 0 Å². The molecule has 0 atom stereocenters. The Bertz CT molecular complexity index is 2570. The Morgan fingerprint density at radius 1 is 0.479 bits per heavy atom. The SMILES string of the molecule is C(#C[Si](c1ccccc1)(c1ccccc1)c1cccc2c1oc1cnccc12)c1c2ccccc2c(-c2ccccc2)c2ccccc12. The van der Waals surface area contributed by atoms with Crippen molar-refractivity contribution in [1.82, 2.24) is 4.98 Å². The molecule has 48 heavy (non-hydrogen) atoms. The quantitative estimate of drug-likeness (QED) is 0.0843. The number of aromatic nitrogens is 1. The number of pyridine rings is 1. The van der Waals surface area contributed by atoms with Crippen LogP contribution in [0.15, 0.2) is 181 Å². The molecule has 2 aromatic heterocycles. The van der Waals surface area contributed by atoms with Crippen LogP contribution in [0.4, 0.5) is 0 Å². The maximum atomic E-state index is 6.69. The fraction of sp³-hybridized carbons (Fsp3) is 0. The van der Waals surface area contributed by atoms with Crippen molar-refractivity contribution in [2.24, 2.45) is 0 Å². The van der Waals surface area contributed by atoms with E-state index in [1.807, 2.05) is 18.5 Å². The third kappa shape index (κ3) is 4.39. The minimum atomic E-state index is -3.06. The number of hydrogen-bond donors (Lipinski definition) is 0. The van der Waals surface area contributed by atoms with Crippen molar-refractivity contribution in [1.29, 1.82) is 0 Å². The van der Waals surface area contributed by atoms with Crippen molar-refractivity contribution in [3.8, 4) is 22.6 Å². The van der Waals surface area contributed by atoms with E-state index in [1.54, 1.807) is 0 Å². The molecule has 0 spiro atoms. The van der Waals surface area contributed by atoms with Gasteiger partial charge in [-0.25, -0.2) is 0 Å². The highest BCUT2D eigenvalue weighted by Crippen LogP contribution is 2.39. The summed E-state index contributed by atoms with van der Waals surface area (Å²) >= 11 is 0. The number of para-hydroxylation sites is 1. The van der Waals surface area contributed by atoms with Crippen molar-refractivity contribution in [2.75, 3.05) is 0 Å². The first kappa shape index (κ1) is 28.0. The predicted molar refractivity (Wildman–Crippen MR) is 203 cm³/mol. The summed E-state index contributed by atoms with van der Waals surface area (Å²) in [6.07, 6.45) is 3.64. The summed E-state index contributed by atoms with van der Waals surface area (Å²) < 4.78 is 6.69. The van der Waals surface area contributed by atoms with E-state index in [-0.39, 0.29) is 0 Å². The second-order valence-corrected chi connectivity index (χ2v) is 15.5. The normalized spacial score (nSPS) is 11.6. The van der Waals surface area contributed by atoms with Crippen LogP contribution in [0.1, 0.15) is 5.56 Å². The molecular formula is C45H29NOSi. The maximum Gasteiger partial charge on any atom is 0.233 e.